The van der Waals surface area contributed by atoms with Crippen LogP contribution in [0.1, 0.15) is 30.1 Å². The van der Waals surface area contributed by atoms with Crippen molar-refractivity contribution in [1.29, 1.82) is 0 Å². The van der Waals surface area contributed by atoms with Crippen molar-refractivity contribution < 1.29 is 23.9 Å². The zero-order valence-corrected chi connectivity index (χ0v) is 16.1. The normalized spacial score (nSPS) is 23.7. The molecule has 8 nitrogen and oxygen atoms in total. The zero-order chi connectivity index (χ0) is 19.6. The Morgan fingerprint density at radius 1 is 1.30 bits per heavy atom. The van der Waals surface area contributed by atoms with Gasteiger partial charge in [0, 0.05) is 22.8 Å². The van der Waals surface area contributed by atoms with Crippen LogP contribution >= 0.6 is 23.4 Å². The van der Waals surface area contributed by atoms with Crippen molar-refractivity contribution in [3.63, 3.8) is 0 Å². The molecule has 2 aliphatic rings. The molecule has 2 N–H and O–H groups in total. The number of hydrogen-bond donors (Lipinski definition) is 2. The molecule has 0 spiro atoms. The van der Waals surface area contributed by atoms with E-state index in [1.165, 1.54) is 23.9 Å². The second kappa shape index (κ2) is 7.77. The molecule has 0 radical (unpaired) electrons. The molecule has 27 heavy (non-hydrogen) atoms. The lowest BCUT2D eigenvalue weighted by molar-refractivity contribution is -0.156. The third-order valence-electron chi connectivity index (χ3n) is 4.48. The fourth-order valence-electron chi connectivity index (χ4n) is 3.06. The number of carbonyl (C=O) groups excluding carboxylic acids is 4. The minimum absolute atomic E-state index is 0.0795. The Morgan fingerprint density at radius 2 is 2.00 bits per heavy atom. The van der Waals surface area contributed by atoms with Crippen LogP contribution in [0.2, 0.25) is 5.02 Å². The average Bonchev–Trinajstić information content (AvgIpc) is 3.14. The monoisotopic (exact) mass is 411 g/mol. The molecule has 1 aromatic rings. The first-order valence-corrected chi connectivity index (χ1v) is 9.64. The molecule has 10 heteroatoms. The summed E-state index contributed by atoms with van der Waals surface area (Å²) in [6.07, 6.45) is 1.10. The average molecular weight is 412 g/mol. The summed E-state index contributed by atoms with van der Waals surface area (Å²) in [4.78, 5) is 49.1. The van der Waals surface area contributed by atoms with Crippen molar-refractivity contribution in [2.45, 2.75) is 30.7 Å². The van der Waals surface area contributed by atoms with Gasteiger partial charge in [-0.1, -0.05) is 11.6 Å². The molecule has 1 aromatic carbocycles. The molecule has 2 fully saturated rings. The van der Waals surface area contributed by atoms with Crippen LogP contribution in [0.3, 0.4) is 0 Å². The smallest absolute Gasteiger partial charge is 0.330 e. The fraction of sp³-hybridized carbons (Fsp3) is 0.412. The number of esters is 1. The number of rotatable bonds is 4. The molecule has 3 amide bonds. The van der Waals surface area contributed by atoms with Gasteiger partial charge in [-0.15, -0.1) is 11.8 Å². The zero-order valence-electron chi connectivity index (χ0n) is 14.5. The van der Waals surface area contributed by atoms with E-state index in [2.05, 4.69) is 10.9 Å². The molecular weight excluding hydrogens is 394 g/mol. The van der Waals surface area contributed by atoms with Crippen LogP contribution in [0, 0.1) is 0 Å². The highest BCUT2D eigenvalue weighted by Crippen LogP contribution is 2.47. The highest BCUT2D eigenvalue weighted by Gasteiger charge is 2.53. The van der Waals surface area contributed by atoms with E-state index in [-0.39, 0.29) is 10.8 Å². The number of benzene rings is 1. The topological polar surface area (TPSA) is 105 Å². The summed E-state index contributed by atoms with van der Waals surface area (Å²) >= 11 is 7.28. The van der Waals surface area contributed by atoms with Crippen LogP contribution in [0.5, 0.6) is 0 Å². The molecule has 2 heterocycles. The van der Waals surface area contributed by atoms with Crippen molar-refractivity contribution >= 4 is 47.1 Å². The minimum atomic E-state index is -0.688. The molecule has 2 aliphatic heterocycles. The number of hydrazine groups is 1. The van der Waals surface area contributed by atoms with Gasteiger partial charge in [-0.3, -0.25) is 25.2 Å². The number of nitrogens with zero attached hydrogens (tertiary/aromatic N) is 1. The van der Waals surface area contributed by atoms with Gasteiger partial charge in [-0.05, 0) is 37.6 Å². The Kier molecular flexibility index (Phi) is 5.61. The standard InChI is InChI=1S/C17H18ClN3O5S/c1-17-7-6-14(23)21(17)12(9-27-17)16(25)26-8-13(22)19-20-15(24)10-2-4-11(18)5-3-10/h2-5,12H,6-9H2,1H3,(H,19,22)(H,20,24)/t12-,17-/m1/s1. The highest BCUT2D eigenvalue weighted by molar-refractivity contribution is 8.01. The van der Waals surface area contributed by atoms with Crippen LogP contribution in [0.15, 0.2) is 24.3 Å². The Bertz CT molecular complexity index is 787. The van der Waals surface area contributed by atoms with E-state index in [9.17, 15) is 19.2 Å². The summed E-state index contributed by atoms with van der Waals surface area (Å²) in [6.45, 7) is 1.37. The molecule has 0 aromatic heterocycles. The number of carbonyl (C=O) groups is 4. The molecule has 2 saturated heterocycles. The van der Waals surface area contributed by atoms with Gasteiger partial charge >= 0.3 is 5.97 Å². The lowest BCUT2D eigenvalue weighted by Gasteiger charge is -2.29. The molecule has 0 unspecified atom stereocenters. The van der Waals surface area contributed by atoms with Gasteiger partial charge in [0.2, 0.25) is 5.91 Å². The van der Waals surface area contributed by atoms with Gasteiger partial charge in [0.1, 0.15) is 6.04 Å². The predicted octanol–water partition coefficient (Wildman–Crippen LogP) is 1.10. The third-order valence-corrected chi connectivity index (χ3v) is 6.24. The van der Waals surface area contributed by atoms with Crippen LogP contribution in [0.4, 0.5) is 0 Å². The Morgan fingerprint density at radius 3 is 2.70 bits per heavy atom. The van der Waals surface area contributed by atoms with Crippen molar-refractivity contribution in [3.05, 3.63) is 34.9 Å². The number of amides is 3. The van der Waals surface area contributed by atoms with Crippen molar-refractivity contribution in [2.24, 2.45) is 0 Å². The maximum atomic E-state index is 12.3. The lowest BCUT2D eigenvalue weighted by atomic mass is 10.2. The molecular formula is C17H18ClN3O5S. The summed E-state index contributed by atoms with van der Waals surface area (Å²) in [5.41, 5.74) is 4.70. The first-order valence-electron chi connectivity index (χ1n) is 8.28. The summed E-state index contributed by atoms with van der Waals surface area (Å²) in [5.74, 6) is -1.48. The summed E-state index contributed by atoms with van der Waals surface area (Å²) in [7, 11) is 0. The molecule has 144 valence electrons. The largest absolute Gasteiger partial charge is 0.454 e. The number of ether oxygens (including phenoxy) is 1. The van der Waals surface area contributed by atoms with Crippen molar-refractivity contribution in [1.82, 2.24) is 15.8 Å². The summed E-state index contributed by atoms with van der Waals surface area (Å²) < 4.78 is 5.02. The van der Waals surface area contributed by atoms with E-state index in [4.69, 9.17) is 16.3 Å². The summed E-state index contributed by atoms with van der Waals surface area (Å²) in [6, 6.07) is 5.42. The van der Waals surface area contributed by atoms with Gasteiger partial charge in [-0.2, -0.15) is 0 Å². The van der Waals surface area contributed by atoms with E-state index in [1.54, 1.807) is 17.0 Å². The second-order valence-electron chi connectivity index (χ2n) is 6.38. The first kappa shape index (κ1) is 19.5. The second-order valence-corrected chi connectivity index (χ2v) is 8.32. The van der Waals surface area contributed by atoms with Gasteiger partial charge in [0.05, 0.1) is 4.87 Å². The third kappa shape index (κ3) is 4.19. The minimum Gasteiger partial charge on any atom is -0.454 e. The van der Waals surface area contributed by atoms with Gasteiger partial charge in [-0.25, -0.2) is 4.79 Å². The van der Waals surface area contributed by atoms with Crippen LogP contribution in [-0.2, 0) is 19.1 Å². The summed E-state index contributed by atoms with van der Waals surface area (Å²) in [5, 5.41) is 0.486. The number of hydrogen-bond acceptors (Lipinski definition) is 6. The molecule has 3 rings (SSSR count). The predicted molar refractivity (Wildman–Crippen MR) is 98.8 cm³/mol. The first-order chi connectivity index (χ1) is 12.8. The van der Waals surface area contributed by atoms with Gasteiger partial charge in [0.15, 0.2) is 6.61 Å². The highest BCUT2D eigenvalue weighted by atomic mass is 35.5. The van der Waals surface area contributed by atoms with Gasteiger partial charge in [0.25, 0.3) is 11.8 Å². The van der Waals surface area contributed by atoms with Gasteiger partial charge < -0.3 is 9.64 Å². The Labute approximate surface area is 164 Å². The molecule has 0 aliphatic carbocycles. The van der Waals surface area contributed by atoms with Crippen LogP contribution < -0.4 is 10.9 Å². The maximum absolute atomic E-state index is 12.3. The SMILES string of the molecule is C[C@@]12CCC(=O)N1[C@@H](C(=O)OCC(=O)NNC(=O)c1ccc(Cl)cc1)CS2. The Balaban J connectivity index is 1.45. The van der Waals surface area contributed by atoms with E-state index in [0.29, 0.717) is 29.2 Å². The number of halogens is 1. The van der Waals surface area contributed by atoms with E-state index in [0.717, 1.165) is 0 Å². The number of fused-ring (bicyclic) bond motifs is 1. The molecule has 0 bridgehead atoms. The van der Waals surface area contributed by atoms with Crippen molar-refractivity contribution in [2.75, 3.05) is 12.4 Å². The van der Waals surface area contributed by atoms with E-state index >= 15 is 0 Å². The van der Waals surface area contributed by atoms with E-state index < -0.39 is 30.4 Å². The number of nitrogens with one attached hydrogen (secondary N) is 2. The molecule has 2 atom stereocenters. The van der Waals surface area contributed by atoms with Crippen LogP contribution in [-0.4, -0.2) is 51.9 Å². The Hall–Kier alpha value is -2.26. The molecule has 0 saturated carbocycles. The van der Waals surface area contributed by atoms with Crippen molar-refractivity contribution in [3.8, 4) is 0 Å². The van der Waals surface area contributed by atoms with E-state index in [1.807, 2.05) is 6.92 Å². The lowest BCUT2D eigenvalue weighted by Crippen LogP contribution is -2.48. The quantitative estimate of drug-likeness (QED) is 0.567. The number of thioether (sulfide) groups is 1. The van der Waals surface area contributed by atoms with Crippen LogP contribution in [0.25, 0.3) is 0 Å². The maximum Gasteiger partial charge on any atom is 0.330 e. The fourth-order valence-corrected chi connectivity index (χ4v) is 4.61.